The highest BCUT2D eigenvalue weighted by molar-refractivity contribution is 6.34. The molecule has 1 unspecified atom stereocenters. The largest absolute Gasteiger partial charge is 0.489 e. The lowest BCUT2D eigenvalue weighted by molar-refractivity contribution is 0.0680. The third-order valence-electron chi connectivity index (χ3n) is 4.35. The highest BCUT2D eigenvalue weighted by Crippen LogP contribution is 2.35. The van der Waals surface area contributed by atoms with Crippen LogP contribution in [0.3, 0.4) is 0 Å². The molecule has 4 rings (SSSR count). The molecular weight excluding hydrogens is 306 g/mol. The number of hydrogen-bond acceptors (Lipinski definition) is 4. The molecule has 2 aromatic carbocycles. The Morgan fingerprint density at radius 3 is 2.33 bits per heavy atom. The number of anilines is 1. The van der Waals surface area contributed by atoms with Crippen LogP contribution in [0.4, 0.5) is 5.69 Å². The molecule has 2 aromatic rings. The van der Waals surface area contributed by atoms with Crippen molar-refractivity contribution in [1.82, 2.24) is 0 Å². The predicted molar refractivity (Wildman–Crippen MR) is 88.5 cm³/mol. The molecule has 1 fully saturated rings. The van der Waals surface area contributed by atoms with E-state index in [2.05, 4.69) is 0 Å². The molecule has 1 atom stereocenters. The van der Waals surface area contributed by atoms with Crippen LogP contribution in [0.2, 0.25) is 0 Å². The fourth-order valence-corrected chi connectivity index (χ4v) is 3.13. The molecule has 0 radical (unpaired) electrons. The van der Waals surface area contributed by atoms with E-state index in [4.69, 9.17) is 9.47 Å². The second-order valence-electron chi connectivity index (χ2n) is 5.91. The SMILES string of the molecule is O=C1c2ccccc2C(=O)N1c1ccccc1OCC1CCCO1. The van der Waals surface area contributed by atoms with Gasteiger partial charge in [0.25, 0.3) is 11.8 Å². The minimum atomic E-state index is -0.316. The smallest absolute Gasteiger partial charge is 0.266 e. The van der Waals surface area contributed by atoms with E-state index in [-0.39, 0.29) is 17.9 Å². The van der Waals surface area contributed by atoms with Crippen molar-refractivity contribution in [3.8, 4) is 5.75 Å². The molecule has 5 nitrogen and oxygen atoms in total. The third-order valence-corrected chi connectivity index (χ3v) is 4.35. The number of rotatable bonds is 4. The Balaban J connectivity index is 1.63. The van der Waals surface area contributed by atoms with Crippen molar-refractivity contribution in [2.24, 2.45) is 0 Å². The molecule has 0 saturated carbocycles. The average molecular weight is 323 g/mol. The zero-order chi connectivity index (χ0) is 16.5. The average Bonchev–Trinajstić information content (AvgIpc) is 3.22. The van der Waals surface area contributed by atoms with E-state index in [0.29, 0.717) is 29.2 Å². The first-order valence-electron chi connectivity index (χ1n) is 8.07. The van der Waals surface area contributed by atoms with Gasteiger partial charge in [-0.05, 0) is 37.1 Å². The van der Waals surface area contributed by atoms with Crippen LogP contribution in [0.25, 0.3) is 0 Å². The van der Waals surface area contributed by atoms with Gasteiger partial charge in [0.1, 0.15) is 12.4 Å². The molecule has 5 heteroatoms. The van der Waals surface area contributed by atoms with Crippen LogP contribution in [-0.4, -0.2) is 31.1 Å². The van der Waals surface area contributed by atoms with Crippen LogP contribution in [0.5, 0.6) is 5.75 Å². The van der Waals surface area contributed by atoms with E-state index in [1.54, 1.807) is 42.5 Å². The highest BCUT2D eigenvalue weighted by atomic mass is 16.5. The van der Waals surface area contributed by atoms with Crippen molar-refractivity contribution in [2.45, 2.75) is 18.9 Å². The van der Waals surface area contributed by atoms with Crippen molar-refractivity contribution < 1.29 is 19.1 Å². The molecule has 2 heterocycles. The number of nitrogens with zero attached hydrogens (tertiary/aromatic N) is 1. The highest BCUT2D eigenvalue weighted by Gasteiger charge is 2.37. The third kappa shape index (κ3) is 2.47. The molecule has 24 heavy (non-hydrogen) atoms. The second-order valence-corrected chi connectivity index (χ2v) is 5.91. The van der Waals surface area contributed by atoms with Crippen molar-refractivity contribution >= 4 is 17.5 Å². The lowest BCUT2D eigenvalue weighted by Gasteiger charge is -2.19. The Morgan fingerprint density at radius 1 is 1.00 bits per heavy atom. The number of ether oxygens (including phenoxy) is 2. The maximum Gasteiger partial charge on any atom is 0.266 e. The summed E-state index contributed by atoms with van der Waals surface area (Å²) >= 11 is 0. The molecule has 0 aromatic heterocycles. The number of hydrogen-bond donors (Lipinski definition) is 0. The number of carbonyl (C=O) groups excluding carboxylic acids is 2. The van der Waals surface area contributed by atoms with Crippen LogP contribution in [0.1, 0.15) is 33.6 Å². The molecule has 0 spiro atoms. The van der Waals surface area contributed by atoms with Crippen molar-refractivity contribution in [2.75, 3.05) is 18.1 Å². The number of fused-ring (bicyclic) bond motifs is 1. The van der Waals surface area contributed by atoms with Crippen molar-refractivity contribution in [3.63, 3.8) is 0 Å². The summed E-state index contributed by atoms with van der Waals surface area (Å²) in [6, 6.07) is 14.0. The molecule has 0 aliphatic carbocycles. The zero-order valence-corrected chi connectivity index (χ0v) is 13.1. The van der Waals surface area contributed by atoms with Gasteiger partial charge in [-0.2, -0.15) is 0 Å². The second kappa shape index (κ2) is 6.09. The molecular formula is C19H17NO4. The fraction of sp³-hybridized carbons (Fsp3) is 0.263. The van der Waals surface area contributed by atoms with Gasteiger partial charge in [0.2, 0.25) is 0 Å². The van der Waals surface area contributed by atoms with Crippen LogP contribution in [0, 0.1) is 0 Å². The van der Waals surface area contributed by atoms with Gasteiger partial charge in [-0.3, -0.25) is 9.59 Å². The van der Waals surface area contributed by atoms with Gasteiger partial charge in [-0.1, -0.05) is 24.3 Å². The minimum absolute atomic E-state index is 0.0697. The van der Waals surface area contributed by atoms with Gasteiger partial charge >= 0.3 is 0 Å². The number of carbonyl (C=O) groups is 2. The summed E-state index contributed by atoms with van der Waals surface area (Å²) in [6.07, 6.45) is 2.07. The lowest BCUT2D eigenvalue weighted by Crippen LogP contribution is -2.30. The molecule has 2 aliphatic heterocycles. The Hall–Kier alpha value is -2.66. The summed E-state index contributed by atoms with van der Waals surface area (Å²) in [5.74, 6) is -0.116. The predicted octanol–water partition coefficient (Wildman–Crippen LogP) is 3.05. The van der Waals surface area contributed by atoms with E-state index in [1.165, 1.54) is 4.90 Å². The summed E-state index contributed by atoms with van der Waals surface area (Å²) < 4.78 is 11.4. The van der Waals surface area contributed by atoms with Gasteiger partial charge in [0, 0.05) is 6.61 Å². The van der Waals surface area contributed by atoms with Crippen LogP contribution in [0.15, 0.2) is 48.5 Å². The Bertz CT molecular complexity index is 760. The fourth-order valence-electron chi connectivity index (χ4n) is 3.13. The van der Waals surface area contributed by atoms with E-state index in [9.17, 15) is 9.59 Å². The first-order valence-corrected chi connectivity index (χ1v) is 8.07. The van der Waals surface area contributed by atoms with Gasteiger partial charge in [-0.15, -0.1) is 0 Å². The van der Waals surface area contributed by atoms with E-state index in [1.807, 2.05) is 6.07 Å². The maximum atomic E-state index is 12.6. The molecule has 0 N–H and O–H groups in total. The summed E-state index contributed by atoms with van der Waals surface area (Å²) in [4.78, 5) is 26.5. The lowest BCUT2D eigenvalue weighted by atomic mass is 10.1. The number of benzene rings is 2. The maximum absolute atomic E-state index is 12.6. The van der Waals surface area contributed by atoms with Gasteiger partial charge < -0.3 is 9.47 Å². The van der Waals surface area contributed by atoms with Crippen LogP contribution < -0.4 is 9.64 Å². The van der Waals surface area contributed by atoms with Gasteiger partial charge in [0.05, 0.1) is 22.9 Å². The first-order chi connectivity index (χ1) is 11.8. The van der Waals surface area contributed by atoms with Crippen LogP contribution >= 0.6 is 0 Å². The number of amides is 2. The summed E-state index contributed by atoms with van der Waals surface area (Å²) in [6.45, 7) is 1.17. The standard InChI is InChI=1S/C19H17NO4/c21-18-14-7-1-2-8-15(14)19(22)20(18)16-9-3-4-10-17(16)24-12-13-6-5-11-23-13/h1-4,7-10,13H,5-6,11-12H2. The molecule has 122 valence electrons. The molecule has 1 saturated heterocycles. The van der Waals surface area contributed by atoms with E-state index >= 15 is 0 Å². The Labute approximate surface area is 139 Å². The van der Waals surface area contributed by atoms with Crippen LogP contribution in [-0.2, 0) is 4.74 Å². The minimum Gasteiger partial charge on any atom is -0.489 e. The van der Waals surface area contributed by atoms with Gasteiger partial charge in [-0.25, -0.2) is 4.90 Å². The molecule has 2 amide bonds. The van der Waals surface area contributed by atoms with Crippen molar-refractivity contribution in [3.05, 3.63) is 59.7 Å². The Morgan fingerprint density at radius 2 is 1.67 bits per heavy atom. The van der Waals surface area contributed by atoms with E-state index < -0.39 is 0 Å². The number of para-hydroxylation sites is 2. The zero-order valence-electron chi connectivity index (χ0n) is 13.1. The summed E-state index contributed by atoms with van der Waals surface area (Å²) in [5, 5.41) is 0. The molecule has 0 bridgehead atoms. The monoisotopic (exact) mass is 323 g/mol. The normalized spacial score (nSPS) is 19.7. The Kier molecular flexibility index (Phi) is 3.78. The summed E-state index contributed by atoms with van der Waals surface area (Å²) in [5.41, 5.74) is 1.33. The van der Waals surface area contributed by atoms with Crippen molar-refractivity contribution in [1.29, 1.82) is 0 Å². The first kappa shape index (κ1) is 14.9. The molecule has 2 aliphatic rings. The number of imide groups is 1. The van der Waals surface area contributed by atoms with E-state index in [0.717, 1.165) is 19.4 Å². The quantitative estimate of drug-likeness (QED) is 0.812. The summed E-state index contributed by atoms with van der Waals surface area (Å²) in [7, 11) is 0. The topological polar surface area (TPSA) is 55.8 Å². The van der Waals surface area contributed by atoms with Gasteiger partial charge in [0.15, 0.2) is 0 Å².